The van der Waals surface area contributed by atoms with Crippen molar-refractivity contribution >= 4 is 31.9 Å². The Morgan fingerprint density at radius 3 is 2.76 bits per heavy atom. The van der Waals surface area contributed by atoms with Crippen LogP contribution in [0.1, 0.15) is 44.2 Å². The van der Waals surface area contributed by atoms with Gasteiger partial charge in [-0.1, -0.05) is 50.8 Å². The first-order valence-corrected chi connectivity index (χ1v) is 7.93. The molecule has 0 saturated heterocycles. The molecule has 3 heteroatoms. The number of hydrogen-bond donors (Lipinski definition) is 1. The Kier molecular flexibility index (Phi) is 5.07. The SMILES string of the molecule is CC(NCCCC1CC1)c1ccc(Br)cc1Br. The van der Waals surface area contributed by atoms with E-state index in [1.165, 1.54) is 35.7 Å². The van der Waals surface area contributed by atoms with Crippen LogP contribution >= 0.6 is 31.9 Å². The maximum Gasteiger partial charge on any atom is 0.0302 e. The lowest BCUT2D eigenvalue weighted by molar-refractivity contribution is 0.532. The molecule has 1 saturated carbocycles. The van der Waals surface area contributed by atoms with Gasteiger partial charge in [-0.25, -0.2) is 0 Å². The zero-order chi connectivity index (χ0) is 12.3. The van der Waals surface area contributed by atoms with Gasteiger partial charge in [0, 0.05) is 15.0 Å². The summed E-state index contributed by atoms with van der Waals surface area (Å²) in [5, 5.41) is 3.60. The minimum Gasteiger partial charge on any atom is -0.310 e. The van der Waals surface area contributed by atoms with E-state index in [0.29, 0.717) is 6.04 Å². The van der Waals surface area contributed by atoms with Crippen molar-refractivity contribution in [2.45, 2.75) is 38.6 Å². The Morgan fingerprint density at radius 1 is 1.35 bits per heavy atom. The van der Waals surface area contributed by atoms with Crippen LogP contribution < -0.4 is 5.32 Å². The lowest BCUT2D eigenvalue weighted by atomic mass is 10.1. The van der Waals surface area contributed by atoms with Crippen LogP contribution in [0, 0.1) is 5.92 Å². The fourth-order valence-electron chi connectivity index (χ4n) is 2.08. The molecule has 1 N–H and O–H groups in total. The van der Waals surface area contributed by atoms with Gasteiger partial charge in [0.15, 0.2) is 0 Å². The zero-order valence-electron chi connectivity index (χ0n) is 10.2. The molecule has 1 fully saturated rings. The summed E-state index contributed by atoms with van der Waals surface area (Å²) in [4.78, 5) is 0. The van der Waals surface area contributed by atoms with E-state index < -0.39 is 0 Å². The third-order valence-electron chi connectivity index (χ3n) is 3.37. The van der Waals surface area contributed by atoms with Crippen molar-refractivity contribution in [1.29, 1.82) is 0 Å². The molecule has 17 heavy (non-hydrogen) atoms. The van der Waals surface area contributed by atoms with Crippen molar-refractivity contribution < 1.29 is 0 Å². The molecule has 1 aromatic rings. The average Bonchev–Trinajstić information content (AvgIpc) is 3.08. The third kappa shape index (κ3) is 4.38. The standard InChI is InChI=1S/C14H19Br2N/c1-10(17-8-2-3-11-4-5-11)13-7-6-12(15)9-14(13)16/h6-7,9-11,17H,2-5,8H2,1H3. The van der Waals surface area contributed by atoms with Crippen molar-refractivity contribution in [3.8, 4) is 0 Å². The molecular weight excluding hydrogens is 342 g/mol. The molecule has 0 radical (unpaired) electrons. The van der Waals surface area contributed by atoms with Crippen molar-refractivity contribution in [3.05, 3.63) is 32.7 Å². The molecule has 1 aromatic carbocycles. The molecule has 0 aliphatic heterocycles. The Labute approximate surface area is 121 Å². The van der Waals surface area contributed by atoms with Gasteiger partial charge in [-0.3, -0.25) is 0 Å². The average molecular weight is 361 g/mol. The number of rotatable bonds is 6. The molecule has 1 unspecified atom stereocenters. The van der Waals surface area contributed by atoms with Gasteiger partial charge in [-0.05, 0) is 49.9 Å². The van der Waals surface area contributed by atoms with Crippen molar-refractivity contribution in [1.82, 2.24) is 5.32 Å². The van der Waals surface area contributed by atoms with E-state index in [0.717, 1.165) is 16.9 Å². The number of hydrogen-bond acceptors (Lipinski definition) is 1. The van der Waals surface area contributed by atoms with Gasteiger partial charge in [-0.2, -0.15) is 0 Å². The van der Waals surface area contributed by atoms with Crippen LogP contribution in [0.15, 0.2) is 27.1 Å². The maximum absolute atomic E-state index is 3.62. The second-order valence-corrected chi connectivity index (χ2v) is 6.70. The molecule has 0 amide bonds. The van der Waals surface area contributed by atoms with E-state index in [9.17, 15) is 0 Å². The summed E-state index contributed by atoms with van der Waals surface area (Å²) in [6.45, 7) is 3.35. The molecule has 0 bridgehead atoms. The van der Waals surface area contributed by atoms with Gasteiger partial charge in [0.1, 0.15) is 0 Å². The normalized spacial score (nSPS) is 17.1. The molecule has 0 spiro atoms. The number of benzene rings is 1. The first kappa shape index (κ1) is 13.6. The predicted molar refractivity (Wildman–Crippen MR) is 80.2 cm³/mol. The first-order chi connectivity index (χ1) is 8.16. The summed E-state index contributed by atoms with van der Waals surface area (Å²) in [7, 11) is 0. The minimum atomic E-state index is 0.414. The second-order valence-electron chi connectivity index (χ2n) is 4.93. The largest absolute Gasteiger partial charge is 0.310 e. The third-order valence-corrected chi connectivity index (χ3v) is 4.55. The quantitative estimate of drug-likeness (QED) is 0.699. The predicted octanol–water partition coefficient (Wildman–Crippen LogP) is 5.05. The molecule has 1 atom stereocenters. The van der Waals surface area contributed by atoms with Gasteiger partial charge >= 0.3 is 0 Å². The van der Waals surface area contributed by atoms with Crippen LogP contribution in [0.4, 0.5) is 0 Å². The van der Waals surface area contributed by atoms with Gasteiger partial charge < -0.3 is 5.32 Å². The maximum atomic E-state index is 3.62. The highest BCUT2D eigenvalue weighted by molar-refractivity contribution is 9.11. The molecule has 1 aliphatic carbocycles. The monoisotopic (exact) mass is 359 g/mol. The van der Waals surface area contributed by atoms with Crippen molar-refractivity contribution in [3.63, 3.8) is 0 Å². The summed E-state index contributed by atoms with van der Waals surface area (Å²) < 4.78 is 2.29. The highest BCUT2D eigenvalue weighted by Gasteiger charge is 2.20. The van der Waals surface area contributed by atoms with Crippen LogP contribution in [0.2, 0.25) is 0 Å². The molecule has 94 valence electrons. The molecule has 0 aromatic heterocycles. The fourth-order valence-corrected chi connectivity index (χ4v) is 3.47. The highest BCUT2D eigenvalue weighted by atomic mass is 79.9. The Hall–Kier alpha value is 0.140. The molecule has 0 heterocycles. The molecule has 2 rings (SSSR count). The summed E-state index contributed by atoms with van der Waals surface area (Å²) in [5.74, 6) is 1.05. The van der Waals surface area contributed by atoms with Gasteiger partial charge in [0.05, 0.1) is 0 Å². The fraction of sp³-hybridized carbons (Fsp3) is 0.571. The minimum absolute atomic E-state index is 0.414. The van der Waals surface area contributed by atoms with Crippen LogP contribution in [0.5, 0.6) is 0 Å². The van der Waals surface area contributed by atoms with Gasteiger partial charge in [0.25, 0.3) is 0 Å². The Morgan fingerprint density at radius 2 is 2.12 bits per heavy atom. The number of nitrogens with one attached hydrogen (secondary N) is 1. The van der Waals surface area contributed by atoms with Gasteiger partial charge in [-0.15, -0.1) is 0 Å². The summed E-state index contributed by atoms with van der Waals surface area (Å²) in [6, 6.07) is 6.80. The lowest BCUT2D eigenvalue weighted by Crippen LogP contribution is -2.20. The highest BCUT2D eigenvalue weighted by Crippen LogP contribution is 2.33. The molecular formula is C14H19Br2N. The van der Waals surface area contributed by atoms with E-state index in [-0.39, 0.29) is 0 Å². The van der Waals surface area contributed by atoms with E-state index in [1.807, 2.05) is 0 Å². The zero-order valence-corrected chi connectivity index (χ0v) is 13.4. The first-order valence-electron chi connectivity index (χ1n) is 6.35. The van der Waals surface area contributed by atoms with Crippen molar-refractivity contribution in [2.75, 3.05) is 6.54 Å². The number of halogens is 2. The molecule has 1 nitrogen and oxygen atoms in total. The topological polar surface area (TPSA) is 12.0 Å². The van der Waals surface area contributed by atoms with E-state index >= 15 is 0 Å². The summed E-state index contributed by atoms with van der Waals surface area (Å²) in [6.07, 6.45) is 5.64. The molecule has 1 aliphatic rings. The van der Waals surface area contributed by atoms with E-state index in [1.54, 1.807) is 0 Å². The Balaban J connectivity index is 1.78. The summed E-state index contributed by atoms with van der Waals surface area (Å²) in [5.41, 5.74) is 1.33. The Bertz CT molecular complexity index is 374. The van der Waals surface area contributed by atoms with Crippen LogP contribution in [0.3, 0.4) is 0 Å². The van der Waals surface area contributed by atoms with Crippen LogP contribution in [0.25, 0.3) is 0 Å². The van der Waals surface area contributed by atoms with E-state index in [2.05, 4.69) is 62.3 Å². The smallest absolute Gasteiger partial charge is 0.0302 e. The summed E-state index contributed by atoms with van der Waals surface area (Å²) >= 11 is 7.10. The second kappa shape index (κ2) is 6.35. The van der Waals surface area contributed by atoms with Crippen LogP contribution in [-0.4, -0.2) is 6.54 Å². The lowest BCUT2D eigenvalue weighted by Gasteiger charge is -2.16. The van der Waals surface area contributed by atoms with Gasteiger partial charge in [0.2, 0.25) is 0 Å². The van der Waals surface area contributed by atoms with Crippen molar-refractivity contribution in [2.24, 2.45) is 5.92 Å². The van der Waals surface area contributed by atoms with E-state index in [4.69, 9.17) is 0 Å². The van der Waals surface area contributed by atoms with Crippen LogP contribution in [-0.2, 0) is 0 Å².